The van der Waals surface area contributed by atoms with Crippen LogP contribution in [0.1, 0.15) is 30.7 Å². The van der Waals surface area contributed by atoms with Gasteiger partial charge in [0.25, 0.3) is 0 Å². The molecule has 1 aromatic heterocycles. The Hall–Kier alpha value is -3.56. The molecular weight excluding hydrogens is 402 g/mol. The smallest absolute Gasteiger partial charge is 0.205 e. The summed E-state index contributed by atoms with van der Waals surface area (Å²) in [5.74, 6) is 0.638. The van der Waals surface area contributed by atoms with Gasteiger partial charge in [-0.15, -0.1) is 0 Å². The van der Waals surface area contributed by atoms with Crippen LogP contribution in [0.2, 0.25) is 5.02 Å². The van der Waals surface area contributed by atoms with Crippen molar-refractivity contribution in [1.29, 1.82) is 5.26 Å². The number of Topliss-reactive ketones (excluding diaryl/α,β-unsaturated/α-hetero) is 1. The Balaban J connectivity index is 1.69. The highest BCUT2D eigenvalue weighted by molar-refractivity contribution is 6.30. The van der Waals surface area contributed by atoms with E-state index in [1.54, 1.807) is 12.1 Å². The number of carbonyl (C=O) groups is 1. The van der Waals surface area contributed by atoms with Crippen molar-refractivity contribution < 1.29 is 14.1 Å². The zero-order chi connectivity index (χ0) is 20.8. The summed E-state index contributed by atoms with van der Waals surface area (Å²) in [5, 5.41) is 15.3. The van der Waals surface area contributed by atoms with Crippen molar-refractivity contribution >= 4 is 28.3 Å². The lowest BCUT2D eigenvalue weighted by molar-refractivity contribution is -0.116. The highest BCUT2D eigenvalue weighted by Gasteiger charge is 2.38. The molecule has 2 N–H and O–H groups in total. The summed E-state index contributed by atoms with van der Waals surface area (Å²) in [7, 11) is 0. The molecule has 0 spiro atoms. The van der Waals surface area contributed by atoms with Gasteiger partial charge in [-0.2, -0.15) is 5.26 Å². The third kappa shape index (κ3) is 2.87. The summed E-state index contributed by atoms with van der Waals surface area (Å²) >= 11 is 6.00. The van der Waals surface area contributed by atoms with Gasteiger partial charge < -0.3 is 15.0 Å². The molecule has 2 aliphatic rings. The average molecular weight is 418 g/mol. The SMILES string of the molecule is N#CC1=C(N)OC2=C(C(=O)CCC2)C1c1ccc2noc(-c3ccc(Cl)cc3)c2c1. The van der Waals surface area contributed by atoms with Crippen molar-refractivity contribution in [2.75, 3.05) is 0 Å². The Morgan fingerprint density at radius 1 is 1.17 bits per heavy atom. The van der Waals surface area contributed by atoms with Gasteiger partial charge in [0, 0.05) is 29.0 Å². The summed E-state index contributed by atoms with van der Waals surface area (Å²) in [4.78, 5) is 12.8. The first-order valence-electron chi connectivity index (χ1n) is 9.56. The lowest BCUT2D eigenvalue weighted by Crippen LogP contribution is -2.27. The fourth-order valence-corrected chi connectivity index (χ4v) is 4.26. The minimum Gasteiger partial charge on any atom is -0.444 e. The van der Waals surface area contributed by atoms with Gasteiger partial charge in [0.15, 0.2) is 11.5 Å². The summed E-state index contributed by atoms with van der Waals surface area (Å²) in [6.45, 7) is 0. The third-order valence-corrected chi connectivity index (χ3v) is 5.80. The summed E-state index contributed by atoms with van der Waals surface area (Å²) in [6, 6.07) is 15.0. The minimum atomic E-state index is -0.566. The lowest BCUT2D eigenvalue weighted by Gasteiger charge is -2.31. The van der Waals surface area contributed by atoms with Crippen LogP contribution in [-0.2, 0) is 9.53 Å². The number of ether oxygens (including phenoxy) is 1. The van der Waals surface area contributed by atoms with Gasteiger partial charge in [0.05, 0.1) is 11.3 Å². The van der Waals surface area contributed by atoms with Crippen LogP contribution in [0.25, 0.3) is 22.2 Å². The van der Waals surface area contributed by atoms with E-state index in [4.69, 9.17) is 26.6 Å². The number of benzene rings is 2. The zero-order valence-electron chi connectivity index (χ0n) is 15.8. The van der Waals surface area contributed by atoms with Crippen LogP contribution in [0.5, 0.6) is 0 Å². The fraction of sp³-hybridized carbons (Fsp3) is 0.174. The van der Waals surface area contributed by atoms with Crippen molar-refractivity contribution in [3.63, 3.8) is 0 Å². The molecule has 3 aromatic rings. The number of nitriles is 1. The van der Waals surface area contributed by atoms with Crippen LogP contribution in [0.4, 0.5) is 0 Å². The number of rotatable bonds is 2. The minimum absolute atomic E-state index is 0.00941. The maximum absolute atomic E-state index is 12.8. The maximum atomic E-state index is 12.8. The highest BCUT2D eigenvalue weighted by Crippen LogP contribution is 2.44. The van der Waals surface area contributed by atoms with Gasteiger partial charge >= 0.3 is 0 Å². The first kappa shape index (κ1) is 18.5. The van der Waals surface area contributed by atoms with E-state index < -0.39 is 5.92 Å². The molecule has 0 amide bonds. The molecule has 148 valence electrons. The van der Waals surface area contributed by atoms with E-state index in [0.717, 1.165) is 16.5 Å². The average Bonchev–Trinajstić information content (AvgIpc) is 3.17. The van der Waals surface area contributed by atoms with E-state index >= 15 is 0 Å². The fourth-order valence-electron chi connectivity index (χ4n) is 4.14. The molecule has 0 bridgehead atoms. The Labute approximate surface area is 177 Å². The normalized spacial score (nSPS) is 18.9. The van der Waals surface area contributed by atoms with Crippen molar-refractivity contribution in [2.45, 2.75) is 25.2 Å². The van der Waals surface area contributed by atoms with Crippen LogP contribution >= 0.6 is 11.6 Å². The van der Waals surface area contributed by atoms with Gasteiger partial charge in [-0.1, -0.05) is 22.8 Å². The second kappa shape index (κ2) is 7.05. The predicted octanol–water partition coefficient (Wildman–Crippen LogP) is 4.96. The number of allylic oxidation sites excluding steroid dienone is 3. The molecule has 5 rings (SSSR count). The molecule has 1 aliphatic heterocycles. The molecular formula is C23H16ClN3O3. The highest BCUT2D eigenvalue weighted by atomic mass is 35.5. The number of nitrogens with zero attached hydrogens (tertiary/aromatic N) is 2. The number of carbonyl (C=O) groups excluding carboxylic acids is 1. The van der Waals surface area contributed by atoms with Crippen LogP contribution in [0.15, 0.2) is 69.8 Å². The topological polar surface area (TPSA) is 102 Å². The molecule has 1 unspecified atom stereocenters. The Bertz CT molecular complexity index is 1300. The van der Waals surface area contributed by atoms with Crippen molar-refractivity contribution in [3.05, 3.63) is 75.8 Å². The largest absolute Gasteiger partial charge is 0.444 e. The van der Waals surface area contributed by atoms with Gasteiger partial charge in [-0.05, 0) is 48.4 Å². The number of hydrogen-bond acceptors (Lipinski definition) is 6. The number of ketones is 1. The van der Waals surface area contributed by atoms with Crippen molar-refractivity contribution in [2.24, 2.45) is 5.73 Å². The summed E-state index contributed by atoms with van der Waals surface area (Å²) in [5.41, 5.74) is 9.09. The van der Waals surface area contributed by atoms with Crippen molar-refractivity contribution in [3.8, 4) is 17.4 Å². The Morgan fingerprint density at radius 3 is 2.73 bits per heavy atom. The second-order valence-electron chi connectivity index (χ2n) is 7.33. The van der Waals surface area contributed by atoms with Gasteiger partial charge in [-0.3, -0.25) is 4.79 Å². The standard InChI is InChI=1S/C23H16ClN3O3/c24-14-7-4-12(5-8-14)22-15-10-13(6-9-17(15)27-30-22)20-16(11-25)23(26)29-19-3-1-2-18(28)21(19)20/h4-10,20H,1-3,26H2. The quantitative estimate of drug-likeness (QED) is 0.632. The Kier molecular flexibility index (Phi) is 4.34. The van der Waals surface area contributed by atoms with Crippen LogP contribution in [0, 0.1) is 11.3 Å². The summed E-state index contributed by atoms with van der Waals surface area (Å²) in [6.07, 6.45) is 1.77. The molecule has 7 heteroatoms. The van der Waals surface area contributed by atoms with E-state index in [-0.39, 0.29) is 17.2 Å². The molecule has 0 radical (unpaired) electrons. The number of fused-ring (bicyclic) bond motifs is 1. The molecule has 6 nitrogen and oxygen atoms in total. The van der Waals surface area contributed by atoms with Crippen LogP contribution in [-0.4, -0.2) is 10.9 Å². The molecule has 1 atom stereocenters. The van der Waals surface area contributed by atoms with E-state index in [1.807, 2.05) is 30.3 Å². The predicted molar refractivity (Wildman–Crippen MR) is 111 cm³/mol. The summed E-state index contributed by atoms with van der Waals surface area (Å²) < 4.78 is 11.2. The first-order chi connectivity index (χ1) is 14.6. The Morgan fingerprint density at radius 2 is 1.97 bits per heavy atom. The molecule has 0 fully saturated rings. The number of aromatic nitrogens is 1. The van der Waals surface area contributed by atoms with Gasteiger partial charge in [0.1, 0.15) is 22.9 Å². The molecule has 0 saturated heterocycles. The molecule has 2 aromatic carbocycles. The van der Waals surface area contributed by atoms with E-state index in [2.05, 4.69) is 11.2 Å². The van der Waals surface area contributed by atoms with Crippen LogP contribution in [0.3, 0.4) is 0 Å². The number of hydrogen-bond donors (Lipinski definition) is 1. The van der Waals surface area contributed by atoms with Gasteiger partial charge in [0.2, 0.25) is 5.88 Å². The lowest BCUT2D eigenvalue weighted by atomic mass is 9.77. The maximum Gasteiger partial charge on any atom is 0.205 e. The van der Waals surface area contributed by atoms with E-state index in [1.165, 1.54) is 0 Å². The van der Waals surface area contributed by atoms with Crippen molar-refractivity contribution in [1.82, 2.24) is 5.16 Å². The molecule has 30 heavy (non-hydrogen) atoms. The number of halogens is 1. The van der Waals surface area contributed by atoms with E-state index in [9.17, 15) is 10.1 Å². The van der Waals surface area contributed by atoms with E-state index in [0.29, 0.717) is 46.9 Å². The monoisotopic (exact) mass is 417 g/mol. The number of nitrogens with two attached hydrogens (primary N) is 1. The second-order valence-corrected chi connectivity index (χ2v) is 7.77. The molecule has 1 aliphatic carbocycles. The van der Waals surface area contributed by atoms with Gasteiger partial charge in [-0.25, -0.2) is 0 Å². The molecule has 2 heterocycles. The van der Waals surface area contributed by atoms with Crippen LogP contribution < -0.4 is 5.73 Å². The zero-order valence-corrected chi connectivity index (χ0v) is 16.6. The first-order valence-corrected chi connectivity index (χ1v) is 9.93. The third-order valence-electron chi connectivity index (χ3n) is 5.55. The molecule has 0 saturated carbocycles.